The Morgan fingerprint density at radius 2 is 1.78 bits per heavy atom. The number of benzene rings is 1. The van der Waals surface area contributed by atoms with Crippen molar-refractivity contribution in [3.63, 3.8) is 0 Å². The molecule has 0 saturated carbocycles. The van der Waals surface area contributed by atoms with Gasteiger partial charge in [0.1, 0.15) is 5.75 Å². The summed E-state index contributed by atoms with van der Waals surface area (Å²) in [5.41, 5.74) is 1.61. The number of hydrogen-bond acceptors (Lipinski definition) is 5. The second kappa shape index (κ2) is 9.48. The van der Waals surface area contributed by atoms with Crippen molar-refractivity contribution in [2.45, 2.75) is 38.1 Å². The number of amides is 1. The van der Waals surface area contributed by atoms with Gasteiger partial charge in [-0.2, -0.15) is 4.31 Å². The fourth-order valence-electron chi connectivity index (χ4n) is 2.65. The van der Waals surface area contributed by atoms with E-state index in [1.165, 1.54) is 10.5 Å². The Kier molecular flexibility index (Phi) is 7.32. The molecule has 8 heteroatoms. The first-order valence-electron chi connectivity index (χ1n) is 8.85. The summed E-state index contributed by atoms with van der Waals surface area (Å²) in [6.45, 7) is 4.77. The van der Waals surface area contributed by atoms with Gasteiger partial charge in [-0.25, -0.2) is 8.42 Å². The third kappa shape index (κ3) is 5.77. The molecule has 1 aromatic heterocycles. The van der Waals surface area contributed by atoms with Crippen LogP contribution in [-0.2, 0) is 27.8 Å². The lowest BCUT2D eigenvalue weighted by Gasteiger charge is -2.18. The van der Waals surface area contributed by atoms with Crippen LogP contribution in [0.2, 0.25) is 0 Å². The Balaban J connectivity index is 1.88. The molecule has 0 aliphatic rings. The number of sulfonamides is 1. The Hall–Kier alpha value is -2.45. The minimum absolute atomic E-state index is 0.0765. The maximum atomic E-state index is 12.4. The van der Waals surface area contributed by atoms with E-state index in [2.05, 4.69) is 10.3 Å². The SMILES string of the molecule is CCN(CC)S(=O)(=O)c1ccc(CNC(=O)CCc2cncc(O)c2)cc1. The van der Waals surface area contributed by atoms with Crippen molar-refractivity contribution >= 4 is 15.9 Å². The number of pyridine rings is 1. The van der Waals surface area contributed by atoms with Gasteiger partial charge < -0.3 is 10.4 Å². The molecule has 1 amide bonds. The van der Waals surface area contributed by atoms with Gasteiger partial charge in [-0.15, -0.1) is 0 Å². The smallest absolute Gasteiger partial charge is 0.243 e. The van der Waals surface area contributed by atoms with Crippen LogP contribution in [0.3, 0.4) is 0 Å². The molecule has 0 unspecified atom stereocenters. The summed E-state index contributed by atoms with van der Waals surface area (Å²) in [6.07, 6.45) is 3.71. The molecule has 0 spiro atoms. The highest BCUT2D eigenvalue weighted by molar-refractivity contribution is 7.89. The molecule has 0 atom stereocenters. The molecule has 2 rings (SSSR count). The van der Waals surface area contributed by atoms with Gasteiger partial charge in [-0.05, 0) is 35.7 Å². The summed E-state index contributed by atoms with van der Waals surface area (Å²) >= 11 is 0. The van der Waals surface area contributed by atoms with E-state index in [1.54, 1.807) is 50.4 Å². The van der Waals surface area contributed by atoms with Crippen LogP contribution >= 0.6 is 0 Å². The van der Waals surface area contributed by atoms with E-state index in [0.29, 0.717) is 26.1 Å². The maximum absolute atomic E-state index is 12.4. The lowest BCUT2D eigenvalue weighted by atomic mass is 10.1. The van der Waals surface area contributed by atoms with Gasteiger partial charge in [0.25, 0.3) is 0 Å². The van der Waals surface area contributed by atoms with E-state index < -0.39 is 10.0 Å². The zero-order valence-electron chi connectivity index (χ0n) is 15.6. The largest absolute Gasteiger partial charge is 0.506 e. The van der Waals surface area contributed by atoms with E-state index in [1.807, 2.05) is 0 Å². The standard InChI is InChI=1S/C19H25N3O4S/c1-3-22(4-2)27(25,26)18-8-5-15(6-9-18)13-21-19(24)10-7-16-11-17(23)14-20-12-16/h5-6,8-9,11-12,14,23H,3-4,7,10,13H2,1-2H3,(H,21,24). The molecule has 0 radical (unpaired) electrons. The van der Waals surface area contributed by atoms with Crippen molar-refractivity contribution in [3.05, 3.63) is 53.9 Å². The van der Waals surface area contributed by atoms with E-state index in [0.717, 1.165) is 11.1 Å². The predicted molar refractivity (Wildman–Crippen MR) is 103 cm³/mol. The molecule has 0 aliphatic heterocycles. The Labute approximate surface area is 160 Å². The number of carbonyl (C=O) groups excluding carboxylic acids is 1. The number of aromatic nitrogens is 1. The highest BCUT2D eigenvalue weighted by Gasteiger charge is 2.21. The minimum Gasteiger partial charge on any atom is -0.506 e. The number of nitrogens with zero attached hydrogens (tertiary/aromatic N) is 2. The molecule has 1 aromatic carbocycles. The monoisotopic (exact) mass is 391 g/mol. The van der Waals surface area contributed by atoms with Gasteiger partial charge in [0, 0.05) is 32.3 Å². The molecular formula is C19H25N3O4S. The van der Waals surface area contributed by atoms with Crippen LogP contribution in [0.25, 0.3) is 0 Å². The molecule has 2 N–H and O–H groups in total. The summed E-state index contributed by atoms with van der Waals surface area (Å²) in [6, 6.07) is 8.11. The Bertz CT molecular complexity index is 863. The van der Waals surface area contributed by atoms with Gasteiger partial charge >= 0.3 is 0 Å². The fraction of sp³-hybridized carbons (Fsp3) is 0.368. The minimum atomic E-state index is -3.47. The lowest BCUT2D eigenvalue weighted by molar-refractivity contribution is -0.121. The molecule has 1 heterocycles. The molecule has 2 aromatic rings. The summed E-state index contributed by atoms with van der Waals surface area (Å²) in [5, 5.41) is 12.2. The third-order valence-electron chi connectivity index (χ3n) is 4.18. The highest BCUT2D eigenvalue weighted by Crippen LogP contribution is 2.16. The van der Waals surface area contributed by atoms with Crippen LogP contribution in [0.15, 0.2) is 47.6 Å². The molecule has 0 fully saturated rings. The zero-order chi connectivity index (χ0) is 19.9. The van der Waals surface area contributed by atoms with Gasteiger partial charge in [0.05, 0.1) is 11.1 Å². The number of hydrogen-bond donors (Lipinski definition) is 2. The first-order valence-corrected chi connectivity index (χ1v) is 10.3. The van der Waals surface area contributed by atoms with Gasteiger partial charge in [0.2, 0.25) is 15.9 Å². The van der Waals surface area contributed by atoms with Crippen molar-refractivity contribution in [1.29, 1.82) is 0 Å². The molecule has 146 valence electrons. The molecule has 0 saturated heterocycles. The number of aromatic hydroxyl groups is 1. The summed E-state index contributed by atoms with van der Waals surface area (Å²) < 4.78 is 26.3. The quantitative estimate of drug-likeness (QED) is 0.682. The molecule has 7 nitrogen and oxygen atoms in total. The summed E-state index contributed by atoms with van der Waals surface area (Å²) in [4.78, 5) is 16.1. The third-order valence-corrected chi connectivity index (χ3v) is 6.24. The number of rotatable bonds is 9. The summed E-state index contributed by atoms with van der Waals surface area (Å²) in [7, 11) is -3.47. The number of carbonyl (C=O) groups is 1. The van der Waals surface area contributed by atoms with Crippen LogP contribution < -0.4 is 5.32 Å². The average Bonchev–Trinajstić information content (AvgIpc) is 2.66. The topological polar surface area (TPSA) is 99.6 Å². The van der Waals surface area contributed by atoms with Crippen LogP contribution in [0.5, 0.6) is 5.75 Å². The molecular weight excluding hydrogens is 366 g/mol. The normalized spacial score (nSPS) is 11.5. The molecule has 0 bridgehead atoms. The van der Waals surface area contributed by atoms with Gasteiger partial charge in [-0.1, -0.05) is 26.0 Å². The van der Waals surface area contributed by atoms with Crippen LogP contribution in [-0.4, -0.2) is 41.8 Å². The lowest BCUT2D eigenvalue weighted by Crippen LogP contribution is -2.30. The predicted octanol–water partition coefficient (Wildman–Crippen LogP) is 2.07. The first-order chi connectivity index (χ1) is 12.9. The van der Waals surface area contributed by atoms with E-state index in [4.69, 9.17) is 0 Å². The second-order valence-electron chi connectivity index (χ2n) is 6.06. The molecule has 0 aliphatic carbocycles. The Morgan fingerprint density at radius 1 is 1.11 bits per heavy atom. The van der Waals surface area contributed by atoms with Crippen molar-refractivity contribution in [2.75, 3.05) is 13.1 Å². The second-order valence-corrected chi connectivity index (χ2v) is 8.00. The fourth-order valence-corrected chi connectivity index (χ4v) is 4.11. The van der Waals surface area contributed by atoms with E-state index in [9.17, 15) is 18.3 Å². The molecule has 27 heavy (non-hydrogen) atoms. The number of aryl methyl sites for hydroxylation is 1. The van der Waals surface area contributed by atoms with Crippen molar-refractivity contribution in [1.82, 2.24) is 14.6 Å². The van der Waals surface area contributed by atoms with E-state index in [-0.39, 0.29) is 23.0 Å². The van der Waals surface area contributed by atoms with Crippen LogP contribution in [0.1, 0.15) is 31.4 Å². The van der Waals surface area contributed by atoms with Crippen LogP contribution in [0.4, 0.5) is 0 Å². The average molecular weight is 391 g/mol. The Morgan fingerprint density at radius 3 is 2.37 bits per heavy atom. The number of nitrogens with one attached hydrogen (secondary N) is 1. The van der Waals surface area contributed by atoms with Crippen molar-refractivity contribution in [3.8, 4) is 5.75 Å². The maximum Gasteiger partial charge on any atom is 0.243 e. The van der Waals surface area contributed by atoms with Gasteiger partial charge in [0.15, 0.2) is 0 Å². The van der Waals surface area contributed by atoms with E-state index >= 15 is 0 Å². The summed E-state index contributed by atoms with van der Waals surface area (Å²) in [5.74, 6) is -0.0501. The zero-order valence-corrected chi connectivity index (χ0v) is 16.4. The highest BCUT2D eigenvalue weighted by atomic mass is 32.2. The van der Waals surface area contributed by atoms with Crippen molar-refractivity contribution < 1.29 is 18.3 Å². The van der Waals surface area contributed by atoms with Gasteiger partial charge in [-0.3, -0.25) is 9.78 Å². The first kappa shape index (κ1) is 20.9. The van der Waals surface area contributed by atoms with Crippen molar-refractivity contribution in [2.24, 2.45) is 0 Å². The van der Waals surface area contributed by atoms with Crippen LogP contribution in [0, 0.1) is 0 Å².